The van der Waals surface area contributed by atoms with Crippen LogP contribution in [0.15, 0.2) is 67.3 Å². The lowest BCUT2D eigenvalue weighted by Gasteiger charge is -2.23. The fourth-order valence-electron chi connectivity index (χ4n) is 3.83. The smallest absolute Gasteiger partial charge is 0.408 e. The minimum absolute atomic E-state index is 0.407. The van der Waals surface area contributed by atoms with E-state index in [0.29, 0.717) is 6.42 Å². The molecule has 176 valence electrons. The van der Waals surface area contributed by atoms with Gasteiger partial charge in [0.2, 0.25) is 0 Å². The molecule has 1 unspecified atom stereocenters. The van der Waals surface area contributed by atoms with Gasteiger partial charge in [-0.1, -0.05) is 30.3 Å². The Morgan fingerprint density at radius 2 is 1.74 bits per heavy atom. The highest BCUT2D eigenvalue weighted by molar-refractivity contribution is 5.69. The van der Waals surface area contributed by atoms with Crippen molar-refractivity contribution in [3.8, 4) is 22.6 Å². The molecule has 0 radical (unpaired) electrons. The van der Waals surface area contributed by atoms with E-state index in [1.807, 2.05) is 74.6 Å². The summed E-state index contributed by atoms with van der Waals surface area (Å²) in [5, 5.41) is 2.98. The molecule has 0 aliphatic rings. The topological polar surface area (TPSA) is 86.9 Å². The van der Waals surface area contributed by atoms with Gasteiger partial charge >= 0.3 is 6.09 Å². The first-order valence-corrected chi connectivity index (χ1v) is 11.2. The molecule has 8 nitrogen and oxygen atoms in total. The zero-order valence-corrected chi connectivity index (χ0v) is 20.2. The van der Waals surface area contributed by atoms with Crippen LogP contribution in [0.5, 0.6) is 0 Å². The summed E-state index contributed by atoms with van der Waals surface area (Å²) in [4.78, 5) is 26.1. The van der Waals surface area contributed by atoms with Crippen molar-refractivity contribution in [3.05, 3.63) is 78.8 Å². The van der Waals surface area contributed by atoms with Gasteiger partial charge in [0.1, 0.15) is 17.2 Å². The number of ether oxygens (including phenoxy) is 1. The molecule has 34 heavy (non-hydrogen) atoms. The lowest BCUT2D eigenvalue weighted by molar-refractivity contribution is 0.0500. The number of nitrogens with zero attached hydrogens (tertiary/aromatic N) is 5. The predicted octanol–water partition coefficient (Wildman–Crippen LogP) is 4.69. The summed E-state index contributed by atoms with van der Waals surface area (Å²) >= 11 is 0. The molecule has 1 aromatic carbocycles. The van der Waals surface area contributed by atoms with Crippen molar-refractivity contribution in [2.24, 2.45) is 14.1 Å². The van der Waals surface area contributed by atoms with E-state index in [1.54, 1.807) is 12.4 Å². The van der Waals surface area contributed by atoms with Crippen LogP contribution in [0.4, 0.5) is 4.79 Å². The summed E-state index contributed by atoms with van der Waals surface area (Å²) in [5.74, 6) is 1.63. The van der Waals surface area contributed by atoms with Crippen molar-refractivity contribution in [1.82, 2.24) is 29.4 Å². The molecule has 8 heteroatoms. The largest absolute Gasteiger partial charge is 0.444 e. The molecule has 4 rings (SSSR count). The van der Waals surface area contributed by atoms with Gasteiger partial charge in [-0.25, -0.2) is 14.8 Å². The molecular weight excluding hydrogens is 428 g/mol. The first-order valence-electron chi connectivity index (χ1n) is 11.2. The van der Waals surface area contributed by atoms with Gasteiger partial charge in [0, 0.05) is 50.4 Å². The number of hydrogen-bond donors (Lipinski definition) is 1. The van der Waals surface area contributed by atoms with Crippen molar-refractivity contribution in [1.29, 1.82) is 0 Å². The maximum Gasteiger partial charge on any atom is 0.408 e. The number of rotatable bonds is 6. The number of amides is 1. The molecule has 3 heterocycles. The Bertz CT molecular complexity index is 1250. The molecular formula is C26H30N6O2. The Balaban J connectivity index is 1.62. The average Bonchev–Trinajstić information content (AvgIpc) is 3.38. The van der Waals surface area contributed by atoms with Crippen LogP contribution >= 0.6 is 0 Å². The molecule has 0 bridgehead atoms. The second-order valence-electron chi connectivity index (χ2n) is 9.22. The SMILES string of the molecule is Cn1ccnc1-c1ccc(-c2cnc(C(Cc3ccccn3)NC(=O)OC(C)(C)C)n2C)cc1. The first kappa shape index (κ1) is 23.2. The molecule has 1 amide bonds. The fourth-order valence-corrected chi connectivity index (χ4v) is 3.83. The summed E-state index contributed by atoms with van der Waals surface area (Å²) in [5.41, 5.74) is 3.26. The molecule has 0 fully saturated rings. The maximum absolute atomic E-state index is 12.6. The normalized spacial score (nSPS) is 12.4. The van der Waals surface area contributed by atoms with E-state index in [-0.39, 0.29) is 0 Å². The van der Waals surface area contributed by atoms with Gasteiger partial charge in [0.15, 0.2) is 0 Å². The van der Waals surface area contributed by atoms with Gasteiger partial charge in [0.25, 0.3) is 0 Å². The number of pyridine rings is 1. The van der Waals surface area contributed by atoms with Gasteiger partial charge in [0.05, 0.1) is 17.9 Å². The van der Waals surface area contributed by atoms with Crippen LogP contribution < -0.4 is 5.32 Å². The Labute approximate surface area is 199 Å². The lowest BCUT2D eigenvalue weighted by Crippen LogP contribution is -2.36. The maximum atomic E-state index is 12.6. The number of carbonyl (C=O) groups excluding carboxylic acids is 1. The van der Waals surface area contributed by atoms with E-state index < -0.39 is 17.7 Å². The highest BCUT2D eigenvalue weighted by Crippen LogP contribution is 2.27. The standard InChI is InChI=1S/C26H30N6O2/c1-26(2,3)34-25(33)30-21(16-20-8-6-7-13-27-20)24-29-17-22(32(24)5)18-9-11-19(12-10-18)23-28-14-15-31(23)4/h6-15,17,21H,16H2,1-5H3,(H,30,33). The van der Waals surface area contributed by atoms with Crippen LogP contribution in [-0.4, -0.2) is 35.8 Å². The van der Waals surface area contributed by atoms with Crippen LogP contribution in [0.1, 0.15) is 38.3 Å². The van der Waals surface area contributed by atoms with Gasteiger partial charge in [-0.05, 0) is 38.5 Å². The Hall–Kier alpha value is -3.94. The zero-order chi connectivity index (χ0) is 24.3. The van der Waals surface area contributed by atoms with E-state index in [4.69, 9.17) is 4.74 Å². The van der Waals surface area contributed by atoms with Gasteiger partial charge in [-0.3, -0.25) is 4.98 Å². The molecule has 0 saturated carbocycles. The highest BCUT2D eigenvalue weighted by Gasteiger charge is 2.25. The number of alkyl carbamates (subject to hydrolysis) is 1. The molecule has 3 aromatic heterocycles. The number of aryl methyl sites for hydroxylation is 1. The van der Waals surface area contributed by atoms with Crippen LogP contribution in [0.25, 0.3) is 22.6 Å². The minimum Gasteiger partial charge on any atom is -0.444 e. The Kier molecular flexibility index (Phi) is 6.49. The molecule has 0 aliphatic heterocycles. The van der Waals surface area contributed by atoms with Gasteiger partial charge in [-0.2, -0.15) is 0 Å². The number of benzene rings is 1. The van der Waals surface area contributed by atoms with Gasteiger partial charge in [-0.15, -0.1) is 0 Å². The summed E-state index contributed by atoms with van der Waals surface area (Å²) in [6, 6.07) is 13.5. The summed E-state index contributed by atoms with van der Waals surface area (Å²) in [7, 11) is 3.93. The molecule has 0 saturated heterocycles. The van der Waals surface area contributed by atoms with E-state index in [2.05, 4.69) is 44.5 Å². The molecule has 1 atom stereocenters. The van der Waals surface area contributed by atoms with E-state index in [1.165, 1.54) is 0 Å². The van der Waals surface area contributed by atoms with E-state index in [0.717, 1.165) is 34.2 Å². The third-order valence-corrected chi connectivity index (χ3v) is 5.43. The lowest BCUT2D eigenvalue weighted by atomic mass is 10.1. The van der Waals surface area contributed by atoms with Crippen molar-refractivity contribution in [2.75, 3.05) is 0 Å². The van der Waals surface area contributed by atoms with Gasteiger partial charge < -0.3 is 19.2 Å². The first-order chi connectivity index (χ1) is 16.2. The van der Waals surface area contributed by atoms with Crippen LogP contribution in [0.3, 0.4) is 0 Å². The molecule has 4 aromatic rings. The number of nitrogens with one attached hydrogen (secondary N) is 1. The Morgan fingerprint density at radius 3 is 2.35 bits per heavy atom. The molecule has 0 spiro atoms. The summed E-state index contributed by atoms with van der Waals surface area (Å²) < 4.78 is 9.49. The van der Waals surface area contributed by atoms with Crippen molar-refractivity contribution in [3.63, 3.8) is 0 Å². The van der Waals surface area contributed by atoms with Crippen molar-refractivity contribution >= 4 is 6.09 Å². The third kappa shape index (κ3) is 5.33. The quantitative estimate of drug-likeness (QED) is 0.453. The van der Waals surface area contributed by atoms with Crippen LogP contribution in [0, 0.1) is 0 Å². The molecule has 1 N–H and O–H groups in total. The number of hydrogen-bond acceptors (Lipinski definition) is 5. The average molecular weight is 459 g/mol. The minimum atomic E-state index is -0.596. The predicted molar refractivity (Wildman–Crippen MR) is 131 cm³/mol. The number of aromatic nitrogens is 5. The van der Waals surface area contributed by atoms with Crippen molar-refractivity contribution < 1.29 is 9.53 Å². The van der Waals surface area contributed by atoms with Crippen LogP contribution in [0.2, 0.25) is 0 Å². The number of carbonyl (C=O) groups is 1. The monoisotopic (exact) mass is 458 g/mol. The summed E-state index contributed by atoms with van der Waals surface area (Å²) in [6.07, 6.45) is 7.28. The van der Waals surface area contributed by atoms with Crippen LogP contribution in [-0.2, 0) is 25.3 Å². The Morgan fingerprint density at radius 1 is 1.00 bits per heavy atom. The van der Waals surface area contributed by atoms with E-state index in [9.17, 15) is 4.79 Å². The second kappa shape index (κ2) is 9.51. The number of imidazole rings is 2. The second-order valence-corrected chi connectivity index (χ2v) is 9.22. The zero-order valence-electron chi connectivity index (χ0n) is 20.2. The fraction of sp³-hybridized carbons (Fsp3) is 0.308. The molecule has 0 aliphatic carbocycles. The highest BCUT2D eigenvalue weighted by atomic mass is 16.6. The van der Waals surface area contributed by atoms with Crippen molar-refractivity contribution in [2.45, 2.75) is 38.8 Å². The van der Waals surface area contributed by atoms with E-state index >= 15 is 0 Å². The summed E-state index contributed by atoms with van der Waals surface area (Å²) in [6.45, 7) is 5.52. The third-order valence-electron chi connectivity index (χ3n) is 5.43.